The van der Waals surface area contributed by atoms with Crippen molar-refractivity contribution in [2.45, 2.75) is 0 Å². The number of hydrogen-bond donors (Lipinski definition) is 1. The van der Waals surface area contributed by atoms with Crippen molar-refractivity contribution in [2.75, 3.05) is 19.5 Å². The minimum Gasteiger partial charge on any atom is -0.497 e. The molecule has 0 aliphatic rings. The molecule has 0 saturated carbocycles. The van der Waals surface area contributed by atoms with Crippen molar-refractivity contribution in [3.63, 3.8) is 0 Å². The fourth-order valence-electron chi connectivity index (χ4n) is 2.13. The van der Waals surface area contributed by atoms with Crippen LogP contribution >= 0.6 is 0 Å². The maximum absolute atomic E-state index is 5.16. The monoisotopic (exact) mass is 307 g/mol. The van der Waals surface area contributed by atoms with Crippen LogP contribution < -0.4 is 14.8 Å². The van der Waals surface area contributed by atoms with Crippen LogP contribution in [0.3, 0.4) is 0 Å². The van der Waals surface area contributed by atoms with Crippen molar-refractivity contribution in [1.29, 1.82) is 0 Å². The molecule has 0 aliphatic heterocycles. The highest BCUT2D eigenvalue weighted by molar-refractivity contribution is 5.61. The molecule has 0 spiro atoms. The third kappa shape index (κ3) is 3.58. The Kier molecular flexibility index (Phi) is 4.38. The van der Waals surface area contributed by atoms with Crippen molar-refractivity contribution in [3.05, 3.63) is 60.8 Å². The Morgan fingerprint density at radius 3 is 2.00 bits per heavy atom. The van der Waals surface area contributed by atoms with E-state index in [1.165, 1.54) is 0 Å². The number of benzene rings is 2. The minimum atomic E-state index is 0.658. The Morgan fingerprint density at radius 1 is 0.783 bits per heavy atom. The Labute approximate surface area is 134 Å². The molecular formula is C18H17N3O2. The van der Waals surface area contributed by atoms with Gasteiger partial charge in [0.25, 0.3) is 0 Å². The highest BCUT2D eigenvalue weighted by Crippen LogP contribution is 2.22. The van der Waals surface area contributed by atoms with E-state index in [0.29, 0.717) is 5.82 Å². The lowest BCUT2D eigenvalue weighted by Gasteiger charge is -2.08. The number of nitrogens with one attached hydrogen (secondary N) is 1. The van der Waals surface area contributed by atoms with E-state index in [0.717, 1.165) is 28.6 Å². The Balaban J connectivity index is 1.80. The lowest BCUT2D eigenvalue weighted by Crippen LogP contribution is -1.97. The first-order valence-electron chi connectivity index (χ1n) is 7.17. The second-order valence-corrected chi connectivity index (χ2v) is 4.85. The average molecular weight is 307 g/mol. The fraction of sp³-hybridized carbons (Fsp3) is 0.111. The molecule has 2 aromatic carbocycles. The summed E-state index contributed by atoms with van der Waals surface area (Å²) in [6.07, 6.45) is 1.73. The standard InChI is InChI=1S/C18H17N3O2/c1-22-15-7-3-13(4-8-15)18-19-12-11-17(21-18)20-14-5-9-16(23-2)10-6-14/h3-12H,1-2H3,(H,19,20,21). The molecule has 116 valence electrons. The fourth-order valence-corrected chi connectivity index (χ4v) is 2.13. The lowest BCUT2D eigenvalue weighted by molar-refractivity contribution is 0.415. The molecule has 0 amide bonds. The molecule has 3 rings (SSSR count). The number of hydrogen-bond acceptors (Lipinski definition) is 5. The van der Waals surface area contributed by atoms with Crippen molar-refractivity contribution < 1.29 is 9.47 Å². The molecule has 0 bridgehead atoms. The number of nitrogens with zero attached hydrogens (tertiary/aromatic N) is 2. The van der Waals surface area contributed by atoms with Gasteiger partial charge in [0.2, 0.25) is 0 Å². The third-order valence-electron chi connectivity index (χ3n) is 3.37. The maximum atomic E-state index is 5.16. The molecule has 0 saturated heterocycles. The number of anilines is 2. The van der Waals surface area contributed by atoms with Crippen LogP contribution in [0.1, 0.15) is 0 Å². The van der Waals surface area contributed by atoms with E-state index >= 15 is 0 Å². The van der Waals surface area contributed by atoms with Crippen molar-refractivity contribution in [1.82, 2.24) is 9.97 Å². The molecule has 0 unspecified atom stereocenters. The Hall–Kier alpha value is -3.08. The molecule has 5 nitrogen and oxygen atoms in total. The van der Waals surface area contributed by atoms with Gasteiger partial charge in [-0.25, -0.2) is 9.97 Å². The van der Waals surface area contributed by atoms with E-state index < -0.39 is 0 Å². The van der Waals surface area contributed by atoms with Gasteiger partial charge in [0, 0.05) is 17.4 Å². The molecule has 0 radical (unpaired) electrons. The summed E-state index contributed by atoms with van der Waals surface area (Å²) in [6.45, 7) is 0. The van der Waals surface area contributed by atoms with Crippen LogP contribution in [-0.2, 0) is 0 Å². The van der Waals surface area contributed by atoms with Gasteiger partial charge in [0.15, 0.2) is 5.82 Å². The largest absolute Gasteiger partial charge is 0.497 e. The predicted octanol–water partition coefficient (Wildman–Crippen LogP) is 3.90. The zero-order valence-electron chi connectivity index (χ0n) is 13.0. The quantitative estimate of drug-likeness (QED) is 0.774. The van der Waals surface area contributed by atoms with Crippen LogP contribution in [0.15, 0.2) is 60.8 Å². The zero-order valence-corrected chi connectivity index (χ0v) is 13.0. The maximum Gasteiger partial charge on any atom is 0.161 e. The van der Waals surface area contributed by atoms with E-state index in [-0.39, 0.29) is 0 Å². The summed E-state index contributed by atoms with van der Waals surface area (Å²) in [4.78, 5) is 8.86. The van der Waals surface area contributed by atoms with Gasteiger partial charge < -0.3 is 14.8 Å². The number of methoxy groups -OCH3 is 2. The summed E-state index contributed by atoms with van der Waals surface area (Å²) in [5.74, 6) is 3.01. The van der Waals surface area contributed by atoms with Crippen LogP contribution in [0.25, 0.3) is 11.4 Å². The second kappa shape index (κ2) is 6.79. The van der Waals surface area contributed by atoms with Crippen LogP contribution in [0.4, 0.5) is 11.5 Å². The van der Waals surface area contributed by atoms with E-state index in [2.05, 4.69) is 15.3 Å². The molecule has 3 aromatic rings. The van der Waals surface area contributed by atoms with E-state index in [1.54, 1.807) is 20.4 Å². The summed E-state index contributed by atoms with van der Waals surface area (Å²) in [7, 11) is 3.29. The highest BCUT2D eigenvalue weighted by atomic mass is 16.5. The third-order valence-corrected chi connectivity index (χ3v) is 3.37. The SMILES string of the molecule is COc1ccc(Nc2ccnc(-c3ccc(OC)cc3)n2)cc1. The van der Waals surface area contributed by atoms with Crippen LogP contribution in [0.5, 0.6) is 11.5 Å². The summed E-state index contributed by atoms with van der Waals surface area (Å²) in [5, 5.41) is 3.26. The van der Waals surface area contributed by atoms with Gasteiger partial charge in [0.05, 0.1) is 14.2 Å². The number of aromatic nitrogens is 2. The molecule has 23 heavy (non-hydrogen) atoms. The van der Waals surface area contributed by atoms with Gasteiger partial charge in [-0.1, -0.05) is 0 Å². The van der Waals surface area contributed by atoms with Gasteiger partial charge in [-0.15, -0.1) is 0 Å². The van der Waals surface area contributed by atoms with Crippen LogP contribution in [0.2, 0.25) is 0 Å². The summed E-state index contributed by atoms with van der Waals surface area (Å²) in [6, 6.07) is 17.2. The highest BCUT2D eigenvalue weighted by Gasteiger charge is 2.04. The summed E-state index contributed by atoms with van der Waals surface area (Å²) < 4.78 is 10.3. The van der Waals surface area contributed by atoms with Gasteiger partial charge in [0.1, 0.15) is 17.3 Å². The van der Waals surface area contributed by atoms with Gasteiger partial charge in [-0.3, -0.25) is 0 Å². The van der Waals surface area contributed by atoms with Gasteiger partial charge in [-0.2, -0.15) is 0 Å². The molecule has 1 heterocycles. The molecule has 5 heteroatoms. The Morgan fingerprint density at radius 2 is 1.39 bits per heavy atom. The van der Waals surface area contributed by atoms with E-state index in [9.17, 15) is 0 Å². The Bertz CT molecular complexity index is 771. The predicted molar refractivity (Wildman–Crippen MR) is 90.3 cm³/mol. The first-order chi connectivity index (χ1) is 11.3. The minimum absolute atomic E-state index is 0.658. The molecule has 0 aliphatic carbocycles. The van der Waals surface area contributed by atoms with E-state index in [1.807, 2.05) is 54.6 Å². The molecule has 1 aromatic heterocycles. The summed E-state index contributed by atoms with van der Waals surface area (Å²) in [5.41, 5.74) is 1.87. The normalized spacial score (nSPS) is 10.2. The first-order valence-corrected chi connectivity index (χ1v) is 7.17. The topological polar surface area (TPSA) is 56.3 Å². The number of rotatable bonds is 5. The zero-order chi connectivity index (χ0) is 16.1. The van der Waals surface area contributed by atoms with Crippen molar-refractivity contribution in [3.8, 4) is 22.9 Å². The molecule has 1 N–H and O–H groups in total. The lowest BCUT2D eigenvalue weighted by atomic mass is 10.2. The van der Waals surface area contributed by atoms with Gasteiger partial charge >= 0.3 is 0 Å². The van der Waals surface area contributed by atoms with Crippen LogP contribution in [-0.4, -0.2) is 24.2 Å². The van der Waals surface area contributed by atoms with Crippen molar-refractivity contribution >= 4 is 11.5 Å². The summed E-state index contributed by atoms with van der Waals surface area (Å²) >= 11 is 0. The number of ether oxygens (including phenoxy) is 2. The van der Waals surface area contributed by atoms with Crippen molar-refractivity contribution in [2.24, 2.45) is 0 Å². The van der Waals surface area contributed by atoms with E-state index in [4.69, 9.17) is 9.47 Å². The second-order valence-electron chi connectivity index (χ2n) is 4.85. The molecule has 0 atom stereocenters. The first kappa shape index (κ1) is 14.8. The molecular weight excluding hydrogens is 290 g/mol. The average Bonchev–Trinajstić information content (AvgIpc) is 2.63. The molecule has 0 fully saturated rings. The van der Waals surface area contributed by atoms with Gasteiger partial charge in [-0.05, 0) is 54.6 Å². The van der Waals surface area contributed by atoms with Crippen LogP contribution in [0, 0.1) is 0 Å². The smallest absolute Gasteiger partial charge is 0.161 e.